The molecule has 0 radical (unpaired) electrons. The summed E-state index contributed by atoms with van der Waals surface area (Å²) in [6.45, 7) is 1.52. The van der Waals surface area contributed by atoms with E-state index in [0.29, 0.717) is 5.56 Å². The molecule has 148 valence electrons. The summed E-state index contributed by atoms with van der Waals surface area (Å²) in [7, 11) is 0. The van der Waals surface area contributed by atoms with Gasteiger partial charge in [-0.2, -0.15) is 13.2 Å². The zero-order valence-corrected chi connectivity index (χ0v) is 14.7. The first-order chi connectivity index (χ1) is 13.1. The Morgan fingerprint density at radius 3 is 2.50 bits per heavy atom. The molecule has 1 saturated heterocycles. The fourth-order valence-corrected chi connectivity index (χ4v) is 2.82. The summed E-state index contributed by atoms with van der Waals surface area (Å²) in [5.41, 5.74) is 0.822. The van der Waals surface area contributed by atoms with Gasteiger partial charge in [0.1, 0.15) is 5.82 Å². The minimum Gasteiger partial charge on any atom is -0.351 e. The molecule has 0 saturated carbocycles. The quantitative estimate of drug-likeness (QED) is 0.775. The molecule has 1 fully saturated rings. The third-order valence-electron chi connectivity index (χ3n) is 4.39. The lowest BCUT2D eigenvalue weighted by atomic mass is 10.0. The molecule has 28 heavy (non-hydrogen) atoms. The molecule has 1 unspecified atom stereocenters. The zero-order chi connectivity index (χ0) is 20.5. The molecule has 2 aromatic rings. The van der Waals surface area contributed by atoms with Gasteiger partial charge in [-0.15, -0.1) is 0 Å². The van der Waals surface area contributed by atoms with Crippen molar-refractivity contribution < 1.29 is 27.2 Å². The number of aromatic nitrogens is 2. The van der Waals surface area contributed by atoms with Crippen LogP contribution >= 0.6 is 0 Å². The minimum atomic E-state index is -4.65. The molecule has 6 nitrogen and oxygen atoms in total. The Kier molecular flexibility index (Phi) is 5.41. The van der Waals surface area contributed by atoms with Crippen LogP contribution in [0.3, 0.4) is 0 Å². The van der Waals surface area contributed by atoms with Gasteiger partial charge in [-0.05, 0) is 24.6 Å². The summed E-state index contributed by atoms with van der Waals surface area (Å²) in [5, 5.41) is 5.40. The van der Waals surface area contributed by atoms with E-state index >= 15 is 0 Å². The van der Waals surface area contributed by atoms with Crippen molar-refractivity contribution >= 4 is 11.7 Å². The van der Waals surface area contributed by atoms with Gasteiger partial charge in [-0.1, -0.05) is 6.07 Å². The van der Waals surface area contributed by atoms with E-state index < -0.39 is 35.8 Å². The van der Waals surface area contributed by atoms with Crippen LogP contribution in [-0.4, -0.2) is 33.7 Å². The van der Waals surface area contributed by atoms with Crippen LogP contribution in [0.5, 0.6) is 0 Å². The van der Waals surface area contributed by atoms with Crippen molar-refractivity contribution in [2.45, 2.75) is 38.1 Å². The number of rotatable bonds is 4. The third-order valence-corrected chi connectivity index (χ3v) is 4.39. The number of benzene rings is 1. The second-order valence-corrected chi connectivity index (χ2v) is 6.43. The fourth-order valence-electron chi connectivity index (χ4n) is 2.82. The van der Waals surface area contributed by atoms with Crippen LogP contribution in [0.1, 0.15) is 24.7 Å². The summed E-state index contributed by atoms with van der Waals surface area (Å²) in [6, 6.07) is 2.85. The molecule has 2 heterocycles. The van der Waals surface area contributed by atoms with Crippen LogP contribution in [-0.2, 0) is 22.3 Å². The number of ketones is 1. The Morgan fingerprint density at radius 2 is 1.93 bits per heavy atom. The normalized spacial score (nSPS) is 19.7. The maximum atomic E-state index is 14.1. The highest BCUT2D eigenvalue weighted by Gasteiger charge is 2.34. The largest absolute Gasteiger partial charge is 0.451 e. The lowest BCUT2D eigenvalue weighted by Crippen LogP contribution is -2.42. The topological polar surface area (TPSA) is 84.0 Å². The van der Waals surface area contributed by atoms with E-state index in [4.69, 9.17) is 0 Å². The first-order valence-electron chi connectivity index (χ1n) is 8.39. The molecule has 0 spiro atoms. The SMILES string of the molecule is C[C@@H]1NC(C(=O)NCc2cc(-c3cnc(C(F)(F)F)nc3)ccc2F)CC1=O. The molecule has 0 aliphatic carbocycles. The van der Waals surface area contributed by atoms with E-state index in [2.05, 4.69) is 20.6 Å². The monoisotopic (exact) mass is 396 g/mol. The number of alkyl halides is 3. The average molecular weight is 396 g/mol. The highest BCUT2D eigenvalue weighted by atomic mass is 19.4. The summed E-state index contributed by atoms with van der Waals surface area (Å²) in [6.07, 6.45) is -2.58. The standard InChI is InChI=1S/C18H16F4N4O2/c1-9-15(27)5-14(26-9)16(28)23-6-11-4-10(2-3-13(11)19)12-7-24-17(25-8-12)18(20,21)22/h2-4,7-9,14,26H,5-6H2,1H3,(H,23,28)/t9-,14?/m0/s1. The molecule has 3 rings (SSSR count). The molecular formula is C18H16F4N4O2. The molecule has 10 heteroatoms. The van der Waals surface area contributed by atoms with Crippen molar-refractivity contribution in [1.29, 1.82) is 0 Å². The molecule has 1 aromatic carbocycles. The van der Waals surface area contributed by atoms with Crippen molar-refractivity contribution in [3.63, 3.8) is 0 Å². The Morgan fingerprint density at radius 1 is 1.25 bits per heavy atom. The summed E-state index contributed by atoms with van der Waals surface area (Å²) >= 11 is 0. The van der Waals surface area contributed by atoms with Crippen molar-refractivity contribution in [1.82, 2.24) is 20.6 Å². The second kappa shape index (κ2) is 7.63. The summed E-state index contributed by atoms with van der Waals surface area (Å²) in [4.78, 5) is 30.2. The lowest BCUT2D eigenvalue weighted by Gasteiger charge is -2.13. The zero-order valence-electron chi connectivity index (χ0n) is 14.7. The molecular weight excluding hydrogens is 380 g/mol. The van der Waals surface area contributed by atoms with E-state index in [1.807, 2.05) is 0 Å². The predicted octanol–water partition coefficient (Wildman–Crippen LogP) is 2.24. The number of halogens is 4. The molecule has 2 N–H and O–H groups in total. The number of hydrogen-bond acceptors (Lipinski definition) is 5. The number of hydrogen-bond donors (Lipinski definition) is 2. The molecule has 1 aromatic heterocycles. The highest BCUT2D eigenvalue weighted by Crippen LogP contribution is 2.27. The smallest absolute Gasteiger partial charge is 0.351 e. The lowest BCUT2D eigenvalue weighted by molar-refractivity contribution is -0.145. The average Bonchev–Trinajstić information content (AvgIpc) is 2.99. The third kappa shape index (κ3) is 4.33. The van der Waals surface area contributed by atoms with Crippen LogP contribution in [0, 0.1) is 5.82 Å². The van der Waals surface area contributed by atoms with Crippen molar-refractivity contribution in [2.75, 3.05) is 0 Å². The van der Waals surface area contributed by atoms with E-state index in [1.165, 1.54) is 12.1 Å². The van der Waals surface area contributed by atoms with Crippen LogP contribution in [0.25, 0.3) is 11.1 Å². The Balaban J connectivity index is 1.71. The molecule has 1 aliphatic rings. The van der Waals surface area contributed by atoms with Crippen molar-refractivity contribution in [2.24, 2.45) is 0 Å². The van der Waals surface area contributed by atoms with Crippen LogP contribution in [0.2, 0.25) is 0 Å². The van der Waals surface area contributed by atoms with E-state index in [-0.39, 0.29) is 29.9 Å². The van der Waals surface area contributed by atoms with Gasteiger partial charge in [0, 0.05) is 36.5 Å². The number of carbonyl (C=O) groups is 2. The van der Waals surface area contributed by atoms with Gasteiger partial charge in [0.2, 0.25) is 11.7 Å². The van der Waals surface area contributed by atoms with E-state index in [1.54, 1.807) is 6.92 Å². The maximum absolute atomic E-state index is 14.1. The van der Waals surface area contributed by atoms with E-state index in [9.17, 15) is 27.2 Å². The molecule has 0 bridgehead atoms. The van der Waals surface area contributed by atoms with Crippen LogP contribution < -0.4 is 10.6 Å². The van der Waals surface area contributed by atoms with Gasteiger partial charge in [0.25, 0.3) is 0 Å². The number of nitrogens with one attached hydrogen (secondary N) is 2. The van der Waals surface area contributed by atoms with Gasteiger partial charge < -0.3 is 5.32 Å². The molecule has 1 amide bonds. The fraction of sp³-hybridized carbons (Fsp3) is 0.333. The number of carbonyl (C=O) groups excluding carboxylic acids is 2. The Hall–Kier alpha value is -2.88. The number of Topliss-reactive ketones (excluding diaryl/α,β-unsaturated/α-hetero) is 1. The summed E-state index contributed by atoms with van der Waals surface area (Å²) < 4.78 is 51.7. The molecule has 2 atom stereocenters. The van der Waals surface area contributed by atoms with Gasteiger partial charge in [-0.3, -0.25) is 14.9 Å². The highest BCUT2D eigenvalue weighted by molar-refractivity contribution is 5.95. The summed E-state index contributed by atoms with van der Waals surface area (Å²) in [5.74, 6) is -2.35. The number of nitrogens with zero attached hydrogens (tertiary/aromatic N) is 2. The van der Waals surface area contributed by atoms with Crippen molar-refractivity contribution in [3.05, 3.63) is 47.8 Å². The first-order valence-corrected chi connectivity index (χ1v) is 8.39. The predicted molar refractivity (Wildman–Crippen MR) is 90.3 cm³/mol. The van der Waals surface area contributed by atoms with Crippen LogP contribution in [0.4, 0.5) is 17.6 Å². The van der Waals surface area contributed by atoms with Gasteiger partial charge in [-0.25, -0.2) is 14.4 Å². The number of amides is 1. The van der Waals surface area contributed by atoms with Gasteiger partial charge in [0.15, 0.2) is 5.78 Å². The molecule has 1 aliphatic heterocycles. The minimum absolute atomic E-state index is 0.0679. The van der Waals surface area contributed by atoms with Gasteiger partial charge in [0.05, 0.1) is 12.1 Å². The first kappa shape index (κ1) is 19.9. The Bertz CT molecular complexity index is 899. The van der Waals surface area contributed by atoms with E-state index in [0.717, 1.165) is 18.5 Å². The van der Waals surface area contributed by atoms with Crippen molar-refractivity contribution in [3.8, 4) is 11.1 Å². The second-order valence-electron chi connectivity index (χ2n) is 6.43. The van der Waals surface area contributed by atoms with Crippen LogP contribution in [0.15, 0.2) is 30.6 Å². The maximum Gasteiger partial charge on any atom is 0.451 e. The van der Waals surface area contributed by atoms with Gasteiger partial charge >= 0.3 is 6.18 Å². The Labute approximate surface area is 157 Å².